The number of rotatable bonds is 3. The van der Waals surface area contributed by atoms with Crippen molar-refractivity contribution in [1.29, 1.82) is 0 Å². The zero-order chi connectivity index (χ0) is 18.3. The molecule has 4 rings (SSSR count). The highest BCUT2D eigenvalue weighted by Crippen LogP contribution is 2.32. The normalized spacial score (nSPS) is 14.5. The average Bonchev–Trinajstić information content (AvgIpc) is 2.62. The fraction of sp³-hybridized carbons (Fsp3) is 0.190. The molecule has 1 amide bonds. The van der Waals surface area contributed by atoms with Crippen molar-refractivity contribution in [2.24, 2.45) is 11.7 Å². The van der Waals surface area contributed by atoms with Gasteiger partial charge in [-0.15, -0.1) is 0 Å². The Morgan fingerprint density at radius 1 is 1.04 bits per heavy atom. The molecular formula is C21H18F2N2O. The number of amides is 1. The van der Waals surface area contributed by atoms with E-state index in [1.54, 1.807) is 41.3 Å². The Morgan fingerprint density at radius 2 is 1.77 bits per heavy atom. The van der Waals surface area contributed by atoms with Crippen molar-refractivity contribution < 1.29 is 13.6 Å². The third kappa shape index (κ3) is 2.74. The number of nitrogens with zero attached hydrogens (tertiary/aromatic N) is 1. The number of fused-ring (bicyclic) bond motifs is 1. The zero-order valence-corrected chi connectivity index (χ0v) is 14.1. The number of hydrogen-bond donors (Lipinski definition) is 1. The molecule has 3 aromatic rings. The van der Waals surface area contributed by atoms with Crippen LogP contribution in [0.5, 0.6) is 0 Å². The maximum atomic E-state index is 14.2. The third-order valence-corrected chi connectivity index (χ3v) is 4.95. The van der Waals surface area contributed by atoms with E-state index in [0.29, 0.717) is 36.7 Å². The Labute approximate surface area is 150 Å². The predicted molar refractivity (Wildman–Crippen MR) is 97.7 cm³/mol. The summed E-state index contributed by atoms with van der Waals surface area (Å²) in [4.78, 5) is 14.3. The standard InChI is InChI=1S/C21H18F2N2O/c22-19-6-2-5-18(20(19)23)17-4-1-3-14-9-15(7-8-16(14)17)21(26)25-11-13(10-24)12-25/h1-9,13H,10-12,24H2. The number of hydrogen-bond acceptors (Lipinski definition) is 2. The SMILES string of the molecule is NCC1CN(C(=O)c2ccc3c(-c4cccc(F)c4F)cccc3c2)C1. The fourth-order valence-electron chi connectivity index (χ4n) is 3.43. The Kier molecular flexibility index (Phi) is 4.17. The van der Waals surface area contributed by atoms with Gasteiger partial charge in [0.1, 0.15) is 0 Å². The summed E-state index contributed by atoms with van der Waals surface area (Å²) in [6.45, 7) is 1.95. The maximum absolute atomic E-state index is 14.2. The van der Waals surface area contributed by atoms with Crippen LogP contribution >= 0.6 is 0 Å². The molecule has 1 aliphatic heterocycles. The monoisotopic (exact) mass is 352 g/mol. The van der Waals surface area contributed by atoms with Gasteiger partial charge in [0, 0.05) is 30.1 Å². The average molecular weight is 352 g/mol. The molecule has 0 unspecified atom stereocenters. The van der Waals surface area contributed by atoms with Crippen molar-refractivity contribution in [2.45, 2.75) is 0 Å². The van der Waals surface area contributed by atoms with E-state index in [9.17, 15) is 13.6 Å². The number of nitrogens with two attached hydrogens (primary N) is 1. The van der Waals surface area contributed by atoms with Gasteiger partial charge in [-0.2, -0.15) is 0 Å². The van der Waals surface area contributed by atoms with E-state index in [-0.39, 0.29) is 11.5 Å². The molecule has 3 aromatic carbocycles. The van der Waals surface area contributed by atoms with Crippen LogP contribution < -0.4 is 5.73 Å². The predicted octanol–water partition coefficient (Wildman–Crippen LogP) is 3.82. The fourth-order valence-corrected chi connectivity index (χ4v) is 3.43. The molecule has 0 radical (unpaired) electrons. The molecule has 132 valence electrons. The highest BCUT2D eigenvalue weighted by atomic mass is 19.2. The van der Waals surface area contributed by atoms with Crippen molar-refractivity contribution in [3.63, 3.8) is 0 Å². The minimum atomic E-state index is -0.876. The van der Waals surface area contributed by atoms with Crippen molar-refractivity contribution in [3.05, 3.63) is 71.8 Å². The van der Waals surface area contributed by atoms with Crippen LogP contribution in [0.1, 0.15) is 10.4 Å². The molecule has 0 atom stereocenters. The van der Waals surface area contributed by atoms with Gasteiger partial charge in [0.05, 0.1) is 0 Å². The van der Waals surface area contributed by atoms with Crippen LogP contribution in [0.25, 0.3) is 21.9 Å². The van der Waals surface area contributed by atoms with Crippen LogP contribution in [0.15, 0.2) is 54.6 Å². The van der Waals surface area contributed by atoms with E-state index < -0.39 is 11.6 Å². The largest absolute Gasteiger partial charge is 0.338 e. The summed E-state index contributed by atoms with van der Waals surface area (Å²) in [5.41, 5.74) is 7.01. The summed E-state index contributed by atoms with van der Waals surface area (Å²) in [7, 11) is 0. The Balaban J connectivity index is 1.73. The Bertz CT molecular complexity index is 996. The van der Waals surface area contributed by atoms with Crippen LogP contribution in [0.4, 0.5) is 8.78 Å². The first-order valence-corrected chi connectivity index (χ1v) is 8.55. The van der Waals surface area contributed by atoms with Crippen molar-refractivity contribution in [3.8, 4) is 11.1 Å². The molecule has 0 aliphatic carbocycles. The number of benzene rings is 3. The van der Waals surface area contributed by atoms with Crippen LogP contribution in [0, 0.1) is 17.6 Å². The van der Waals surface area contributed by atoms with Gasteiger partial charge in [-0.3, -0.25) is 4.79 Å². The summed E-state index contributed by atoms with van der Waals surface area (Å²) in [6.07, 6.45) is 0. The molecule has 0 saturated carbocycles. The second kappa shape index (κ2) is 6.50. The molecule has 1 heterocycles. The minimum Gasteiger partial charge on any atom is -0.338 e. The molecule has 0 bridgehead atoms. The Morgan fingerprint density at radius 3 is 2.54 bits per heavy atom. The molecule has 1 aliphatic rings. The number of carbonyl (C=O) groups is 1. The molecular weight excluding hydrogens is 334 g/mol. The van der Waals surface area contributed by atoms with Crippen molar-refractivity contribution in [2.75, 3.05) is 19.6 Å². The van der Waals surface area contributed by atoms with Gasteiger partial charge in [0.25, 0.3) is 5.91 Å². The quantitative estimate of drug-likeness (QED) is 0.779. The first-order valence-electron chi connectivity index (χ1n) is 8.55. The van der Waals surface area contributed by atoms with Gasteiger partial charge in [-0.1, -0.05) is 36.4 Å². The smallest absolute Gasteiger partial charge is 0.253 e. The Hall–Kier alpha value is -2.79. The summed E-state index contributed by atoms with van der Waals surface area (Å²) >= 11 is 0. The number of carbonyl (C=O) groups excluding carboxylic acids is 1. The van der Waals surface area contributed by atoms with E-state index >= 15 is 0 Å². The summed E-state index contributed by atoms with van der Waals surface area (Å²) in [6, 6.07) is 14.9. The van der Waals surface area contributed by atoms with Crippen LogP contribution in [0.2, 0.25) is 0 Å². The van der Waals surface area contributed by atoms with E-state index in [1.807, 2.05) is 6.07 Å². The highest BCUT2D eigenvalue weighted by Gasteiger charge is 2.30. The second-order valence-electron chi connectivity index (χ2n) is 6.65. The zero-order valence-electron chi connectivity index (χ0n) is 14.1. The number of likely N-dealkylation sites (tertiary alicyclic amines) is 1. The molecule has 0 spiro atoms. The molecule has 0 aromatic heterocycles. The van der Waals surface area contributed by atoms with Crippen LogP contribution in [-0.4, -0.2) is 30.4 Å². The summed E-state index contributed by atoms with van der Waals surface area (Å²) < 4.78 is 27.8. The van der Waals surface area contributed by atoms with Crippen molar-refractivity contribution >= 4 is 16.7 Å². The van der Waals surface area contributed by atoms with Crippen molar-refractivity contribution in [1.82, 2.24) is 4.90 Å². The van der Waals surface area contributed by atoms with E-state index in [0.717, 1.165) is 16.8 Å². The highest BCUT2D eigenvalue weighted by molar-refractivity contribution is 6.03. The molecule has 1 fully saturated rings. The molecule has 5 heteroatoms. The minimum absolute atomic E-state index is 0.0288. The second-order valence-corrected chi connectivity index (χ2v) is 6.65. The summed E-state index contributed by atoms with van der Waals surface area (Å²) in [5.74, 6) is -1.40. The lowest BCUT2D eigenvalue weighted by Crippen LogP contribution is -2.52. The lowest BCUT2D eigenvalue weighted by atomic mass is 9.95. The summed E-state index contributed by atoms with van der Waals surface area (Å²) in [5, 5.41) is 1.59. The molecule has 26 heavy (non-hydrogen) atoms. The first kappa shape index (κ1) is 16.7. The molecule has 1 saturated heterocycles. The van der Waals surface area contributed by atoms with Gasteiger partial charge in [-0.25, -0.2) is 8.78 Å². The van der Waals surface area contributed by atoms with E-state index in [1.165, 1.54) is 6.07 Å². The van der Waals surface area contributed by atoms with Gasteiger partial charge in [0.15, 0.2) is 11.6 Å². The van der Waals surface area contributed by atoms with Gasteiger partial charge < -0.3 is 10.6 Å². The van der Waals surface area contributed by atoms with Gasteiger partial charge in [0.2, 0.25) is 0 Å². The maximum Gasteiger partial charge on any atom is 0.253 e. The third-order valence-electron chi connectivity index (χ3n) is 4.95. The van der Waals surface area contributed by atoms with Gasteiger partial charge >= 0.3 is 0 Å². The van der Waals surface area contributed by atoms with Crippen LogP contribution in [0.3, 0.4) is 0 Å². The topological polar surface area (TPSA) is 46.3 Å². The van der Waals surface area contributed by atoms with Gasteiger partial charge in [-0.05, 0) is 41.1 Å². The lowest BCUT2D eigenvalue weighted by molar-refractivity contribution is 0.0515. The van der Waals surface area contributed by atoms with Crippen LogP contribution in [-0.2, 0) is 0 Å². The molecule has 2 N–H and O–H groups in total. The first-order chi connectivity index (χ1) is 12.6. The lowest BCUT2D eigenvalue weighted by Gasteiger charge is -2.38. The molecule has 3 nitrogen and oxygen atoms in total. The van der Waals surface area contributed by atoms with E-state index in [2.05, 4.69) is 0 Å². The van der Waals surface area contributed by atoms with E-state index in [4.69, 9.17) is 5.73 Å². The number of halogens is 2.